The predicted molar refractivity (Wildman–Crippen MR) is 82.5 cm³/mol. The summed E-state index contributed by atoms with van der Waals surface area (Å²) in [5.74, 6) is 0.142. The summed E-state index contributed by atoms with van der Waals surface area (Å²) in [5.41, 5.74) is 2.75. The van der Waals surface area contributed by atoms with Crippen LogP contribution in [0.2, 0.25) is 5.02 Å². The zero-order valence-electron chi connectivity index (χ0n) is 11.4. The summed E-state index contributed by atoms with van der Waals surface area (Å²) in [6.45, 7) is 1.09. The molecule has 1 amide bonds. The van der Waals surface area contributed by atoms with Crippen LogP contribution in [-0.4, -0.2) is 22.0 Å². The molecule has 22 heavy (non-hydrogen) atoms. The Hall–Kier alpha value is -2.40. The highest BCUT2D eigenvalue weighted by atomic mass is 35.5. The van der Waals surface area contributed by atoms with Crippen molar-refractivity contribution in [2.45, 2.75) is 6.54 Å². The third-order valence-electron chi connectivity index (χ3n) is 3.80. The number of hydrogen-bond donors (Lipinski definition) is 1. The van der Waals surface area contributed by atoms with Crippen molar-refractivity contribution < 1.29 is 9.18 Å². The average molecular weight is 316 g/mol. The van der Waals surface area contributed by atoms with E-state index >= 15 is 0 Å². The highest BCUT2D eigenvalue weighted by molar-refractivity contribution is 6.33. The van der Waals surface area contributed by atoms with Crippen molar-refractivity contribution in [2.24, 2.45) is 0 Å². The maximum absolute atomic E-state index is 13.3. The normalized spacial score (nSPS) is 14.0. The Balaban J connectivity index is 2.05. The van der Waals surface area contributed by atoms with E-state index in [-0.39, 0.29) is 5.91 Å². The van der Waals surface area contributed by atoms with Gasteiger partial charge in [-0.15, -0.1) is 0 Å². The summed E-state index contributed by atoms with van der Waals surface area (Å²) in [7, 11) is 0. The summed E-state index contributed by atoms with van der Waals surface area (Å²) in [5, 5.41) is 3.16. The van der Waals surface area contributed by atoms with Crippen LogP contribution in [0.25, 0.3) is 22.4 Å². The van der Waals surface area contributed by atoms with Gasteiger partial charge in [0.25, 0.3) is 5.91 Å². The lowest BCUT2D eigenvalue weighted by atomic mass is 10.1. The van der Waals surface area contributed by atoms with Crippen LogP contribution in [0.4, 0.5) is 4.39 Å². The average Bonchev–Trinajstić information content (AvgIpc) is 2.76. The Kier molecular flexibility index (Phi) is 2.90. The third-order valence-corrected chi connectivity index (χ3v) is 4.12. The number of carbonyl (C=O) groups excluding carboxylic acids is 1. The van der Waals surface area contributed by atoms with Gasteiger partial charge in [-0.3, -0.25) is 4.79 Å². The molecule has 1 aliphatic rings. The maximum atomic E-state index is 13.3. The van der Waals surface area contributed by atoms with Crippen molar-refractivity contribution in [3.63, 3.8) is 0 Å². The Labute approximate surface area is 130 Å². The number of imidazole rings is 1. The largest absolute Gasteiger partial charge is 0.350 e. The Morgan fingerprint density at radius 1 is 1.23 bits per heavy atom. The van der Waals surface area contributed by atoms with Crippen LogP contribution in [0.3, 0.4) is 0 Å². The second kappa shape index (κ2) is 4.81. The number of hydrogen-bond acceptors (Lipinski definition) is 2. The number of rotatable bonds is 1. The highest BCUT2D eigenvalue weighted by Crippen LogP contribution is 2.32. The molecule has 2 aromatic carbocycles. The molecule has 1 N–H and O–H groups in total. The molecule has 1 aliphatic heterocycles. The van der Waals surface area contributed by atoms with Crippen LogP contribution in [0.1, 0.15) is 10.4 Å². The Morgan fingerprint density at radius 2 is 2.09 bits per heavy atom. The molecular formula is C16H11ClFN3O. The first-order valence-electron chi connectivity index (χ1n) is 6.88. The fourth-order valence-electron chi connectivity index (χ4n) is 2.84. The van der Waals surface area contributed by atoms with Crippen molar-refractivity contribution in [3.8, 4) is 11.4 Å². The minimum Gasteiger partial charge on any atom is -0.350 e. The van der Waals surface area contributed by atoms with Gasteiger partial charge in [0.05, 0.1) is 21.6 Å². The number of carbonyl (C=O) groups is 1. The molecule has 2 heterocycles. The van der Waals surface area contributed by atoms with Crippen LogP contribution in [0, 0.1) is 5.82 Å². The summed E-state index contributed by atoms with van der Waals surface area (Å²) >= 11 is 6.17. The fraction of sp³-hybridized carbons (Fsp3) is 0.125. The smallest absolute Gasteiger partial charge is 0.253 e. The van der Waals surface area contributed by atoms with E-state index in [2.05, 4.69) is 10.3 Å². The number of para-hydroxylation sites is 1. The minimum absolute atomic E-state index is 0.110. The molecule has 0 saturated heterocycles. The molecule has 0 bridgehead atoms. The first kappa shape index (κ1) is 13.3. The molecule has 1 aromatic heterocycles. The SMILES string of the molecule is O=C1NCCn2c(-c3ccc(F)cc3Cl)nc3cccc1c32. The lowest BCUT2D eigenvalue weighted by Crippen LogP contribution is -2.24. The zero-order valence-corrected chi connectivity index (χ0v) is 12.2. The standard InChI is InChI=1S/C16H11ClFN3O/c17-12-8-9(18)4-5-10(12)15-20-13-3-1-2-11-14(13)21(15)7-6-19-16(11)22/h1-5,8H,6-7H2,(H,19,22). The van der Waals surface area contributed by atoms with Gasteiger partial charge < -0.3 is 9.88 Å². The van der Waals surface area contributed by atoms with E-state index in [9.17, 15) is 9.18 Å². The fourth-order valence-corrected chi connectivity index (χ4v) is 3.09. The number of benzene rings is 2. The lowest BCUT2D eigenvalue weighted by Gasteiger charge is -2.08. The number of halogens is 2. The zero-order chi connectivity index (χ0) is 15.3. The molecule has 4 nitrogen and oxygen atoms in total. The Bertz CT molecular complexity index is 919. The van der Waals surface area contributed by atoms with E-state index in [1.54, 1.807) is 18.2 Å². The number of aromatic nitrogens is 2. The summed E-state index contributed by atoms with van der Waals surface area (Å²) in [6, 6.07) is 9.67. The maximum Gasteiger partial charge on any atom is 0.253 e. The number of amides is 1. The first-order valence-corrected chi connectivity index (χ1v) is 7.26. The van der Waals surface area contributed by atoms with Crippen LogP contribution in [-0.2, 0) is 6.54 Å². The Morgan fingerprint density at radius 3 is 2.91 bits per heavy atom. The molecule has 0 radical (unpaired) electrons. The van der Waals surface area contributed by atoms with Gasteiger partial charge in [-0.1, -0.05) is 17.7 Å². The minimum atomic E-state index is -0.390. The van der Waals surface area contributed by atoms with Crippen LogP contribution in [0.15, 0.2) is 36.4 Å². The van der Waals surface area contributed by atoms with E-state index in [0.717, 1.165) is 11.0 Å². The van der Waals surface area contributed by atoms with Gasteiger partial charge in [0.1, 0.15) is 11.6 Å². The van der Waals surface area contributed by atoms with E-state index in [0.29, 0.717) is 35.1 Å². The molecular weight excluding hydrogens is 305 g/mol. The third kappa shape index (κ3) is 1.89. The van der Waals surface area contributed by atoms with Gasteiger partial charge in [0, 0.05) is 18.7 Å². The molecule has 6 heteroatoms. The first-order chi connectivity index (χ1) is 10.6. The molecule has 0 atom stereocenters. The van der Waals surface area contributed by atoms with Gasteiger partial charge in [-0.2, -0.15) is 0 Å². The monoisotopic (exact) mass is 315 g/mol. The van der Waals surface area contributed by atoms with Gasteiger partial charge in [-0.05, 0) is 30.3 Å². The number of nitrogens with one attached hydrogen (secondary N) is 1. The van der Waals surface area contributed by atoms with Crippen LogP contribution in [0.5, 0.6) is 0 Å². The quantitative estimate of drug-likeness (QED) is 0.749. The van der Waals surface area contributed by atoms with Crippen molar-refractivity contribution in [1.29, 1.82) is 0 Å². The van der Waals surface area contributed by atoms with Crippen molar-refractivity contribution in [3.05, 3.63) is 52.8 Å². The molecule has 0 aliphatic carbocycles. The molecule has 0 spiro atoms. The predicted octanol–water partition coefficient (Wildman–Crippen LogP) is 3.24. The van der Waals surface area contributed by atoms with Gasteiger partial charge in [0.15, 0.2) is 0 Å². The lowest BCUT2D eigenvalue weighted by molar-refractivity contribution is 0.0956. The van der Waals surface area contributed by atoms with E-state index in [4.69, 9.17) is 11.6 Å². The molecule has 0 fully saturated rings. The van der Waals surface area contributed by atoms with Crippen molar-refractivity contribution >= 4 is 28.5 Å². The van der Waals surface area contributed by atoms with E-state index in [1.165, 1.54) is 12.1 Å². The van der Waals surface area contributed by atoms with Gasteiger partial charge in [-0.25, -0.2) is 9.37 Å². The molecule has 110 valence electrons. The summed E-state index contributed by atoms with van der Waals surface area (Å²) < 4.78 is 15.2. The van der Waals surface area contributed by atoms with Gasteiger partial charge in [0.2, 0.25) is 0 Å². The van der Waals surface area contributed by atoms with E-state index < -0.39 is 5.82 Å². The second-order valence-electron chi connectivity index (χ2n) is 5.14. The van der Waals surface area contributed by atoms with Crippen LogP contribution >= 0.6 is 11.6 Å². The molecule has 0 saturated carbocycles. The molecule has 4 rings (SSSR count). The topological polar surface area (TPSA) is 46.9 Å². The van der Waals surface area contributed by atoms with E-state index in [1.807, 2.05) is 10.6 Å². The van der Waals surface area contributed by atoms with Crippen LogP contribution < -0.4 is 5.32 Å². The van der Waals surface area contributed by atoms with Crippen molar-refractivity contribution in [2.75, 3.05) is 6.54 Å². The summed E-state index contributed by atoms with van der Waals surface area (Å²) in [4.78, 5) is 16.7. The van der Waals surface area contributed by atoms with Gasteiger partial charge >= 0.3 is 0 Å². The molecule has 3 aromatic rings. The summed E-state index contributed by atoms with van der Waals surface area (Å²) in [6.07, 6.45) is 0. The second-order valence-corrected chi connectivity index (χ2v) is 5.55. The molecule has 0 unspecified atom stereocenters. The van der Waals surface area contributed by atoms with Crippen molar-refractivity contribution in [1.82, 2.24) is 14.9 Å². The number of nitrogens with zero attached hydrogens (tertiary/aromatic N) is 2. The highest BCUT2D eigenvalue weighted by Gasteiger charge is 2.22.